The molecule has 2 heterocycles. The molecule has 0 saturated carbocycles. The van der Waals surface area contributed by atoms with Gasteiger partial charge in [-0.3, -0.25) is 0 Å². The van der Waals surface area contributed by atoms with Crippen LogP contribution in [0.1, 0.15) is 11.1 Å². The predicted molar refractivity (Wildman–Crippen MR) is 79.0 cm³/mol. The van der Waals surface area contributed by atoms with E-state index in [9.17, 15) is 13.5 Å². The first-order valence-corrected chi connectivity index (χ1v) is 8.66. The third-order valence-corrected chi connectivity index (χ3v) is 6.65. The Kier molecular flexibility index (Phi) is 3.36. The quantitative estimate of drug-likeness (QED) is 0.831. The molecule has 8 heteroatoms. The van der Waals surface area contributed by atoms with E-state index in [4.69, 9.17) is 23.2 Å². The number of β-amino-alcohol motifs (C(OH)–C–C–N with tert-alkyl or cyclic N) is 1. The molecule has 0 amide bonds. The third kappa shape index (κ3) is 2.16. The molecule has 0 spiro atoms. The Labute approximate surface area is 130 Å². The number of nitrogens with one attached hydrogen (secondary N) is 1. The predicted octanol–water partition coefficient (Wildman–Crippen LogP) is 2.58. The van der Waals surface area contributed by atoms with Crippen molar-refractivity contribution < 1.29 is 13.5 Å². The van der Waals surface area contributed by atoms with Gasteiger partial charge in [-0.2, -0.15) is 0 Å². The molecule has 0 bridgehead atoms. The summed E-state index contributed by atoms with van der Waals surface area (Å²) in [6.45, 7) is -0.142. The van der Waals surface area contributed by atoms with Gasteiger partial charge >= 0.3 is 0 Å². The maximum Gasteiger partial charge on any atom is 0.250 e. The first kappa shape index (κ1) is 14.3. The van der Waals surface area contributed by atoms with Crippen molar-refractivity contribution in [3.05, 3.63) is 50.8 Å². The fraction of sp³-hybridized carbons (Fsp3) is 0.167. The minimum Gasteiger partial charge on any atom is -0.379 e. The zero-order valence-corrected chi connectivity index (χ0v) is 13.1. The lowest BCUT2D eigenvalue weighted by Gasteiger charge is -2.33. The van der Waals surface area contributed by atoms with Crippen molar-refractivity contribution in [2.45, 2.75) is 9.81 Å². The summed E-state index contributed by atoms with van der Waals surface area (Å²) in [5.74, 6) is 0. The fourth-order valence-electron chi connectivity index (χ4n) is 2.18. The first-order valence-electron chi connectivity index (χ1n) is 5.61. The maximum absolute atomic E-state index is 12.0. The number of sulfonamides is 1. The Morgan fingerprint density at radius 3 is 2.55 bits per heavy atom. The molecule has 20 heavy (non-hydrogen) atoms. The van der Waals surface area contributed by atoms with Crippen molar-refractivity contribution in [3.63, 3.8) is 0 Å². The van der Waals surface area contributed by atoms with Gasteiger partial charge in [0.2, 0.25) is 0 Å². The topological polar surface area (TPSA) is 66.4 Å². The second-order valence-corrected chi connectivity index (χ2v) is 8.53. The Balaban J connectivity index is 2.22. The van der Waals surface area contributed by atoms with E-state index in [1.807, 2.05) is 0 Å². The third-order valence-electron chi connectivity index (χ3n) is 3.20. The minimum absolute atomic E-state index is 0.0474. The average molecular weight is 350 g/mol. The van der Waals surface area contributed by atoms with Gasteiger partial charge in [-0.15, -0.1) is 11.3 Å². The number of rotatable bonds is 1. The summed E-state index contributed by atoms with van der Waals surface area (Å²) in [4.78, 5) is 0. The van der Waals surface area contributed by atoms with Gasteiger partial charge in [0.05, 0.1) is 4.34 Å². The van der Waals surface area contributed by atoms with Crippen LogP contribution in [0, 0.1) is 0 Å². The molecule has 1 aliphatic rings. The van der Waals surface area contributed by atoms with Gasteiger partial charge < -0.3 is 5.11 Å². The average Bonchev–Trinajstić information content (AvgIpc) is 2.80. The molecule has 1 atom stereocenters. The largest absolute Gasteiger partial charge is 0.379 e. The van der Waals surface area contributed by atoms with Crippen LogP contribution in [-0.2, 0) is 15.6 Å². The highest BCUT2D eigenvalue weighted by Gasteiger charge is 2.43. The summed E-state index contributed by atoms with van der Waals surface area (Å²) in [6, 6.07) is 8.11. The van der Waals surface area contributed by atoms with Gasteiger partial charge in [0.25, 0.3) is 10.0 Å². The van der Waals surface area contributed by atoms with Crippen LogP contribution in [0.15, 0.2) is 34.5 Å². The molecule has 1 aliphatic heterocycles. The van der Waals surface area contributed by atoms with Gasteiger partial charge in [0.15, 0.2) is 0 Å². The van der Waals surface area contributed by atoms with Crippen molar-refractivity contribution in [1.29, 1.82) is 0 Å². The zero-order chi connectivity index (χ0) is 14.5. The van der Waals surface area contributed by atoms with Crippen LogP contribution in [0.3, 0.4) is 0 Å². The lowest BCUT2D eigenvalue weighted by atomic mass is 9.88. The van der Waals surface area contributed by atoms with Gasteiger partial charge in [-0.05, 0) is 23.8 Å². The Morgan fingerprint density at radius 2 is 1.90 bits per heavy atom. The van der Waals surface area contributed by atoms with Crippen LogP contribution in [0.5, 0.6) is 0 Å². The second kappa shape index (κ2) is 4.69. The fourth-order valence-corrected chi connectivity index (χ4v) is 5.40. The summed E-state index contributed by atoms with van der Waals surface area (Å²) in [6.07, 6.45) is 0. The molecule has 2 N–H and O–H groups in total. The summed E-state index contributed by atoms with van der Waals surface area (Å²) in [7, 11) is -3.61. The van der Waals surface area contributed by atoms with E-state index in [1.54, 1.807) is 24.3 Å². The van der Waals surface area contributed by atoms with Crippen molar-refractivity contribution in [3.8, 4) is 0 Å². The van der Waals surface area contributed by atoms with Crippen LogP contribution >= 0.6 is 34.5 Å². The lowest BCUT2D eigenvalue weighted by molar-refractivity contribution is 0.0809. The molecule has 2 aromatic rings. The maximum atomic E-state index is 12.0. The second-order valence-electron chi connectivity index (χ2n) is 4.44. The smallest absolute Gasteiger partial charge is 0.250 e. The van der Waals surface area contributed by atoms with Crippen molar-refractivity contribution in [2.75, 3.05) is 6.54 Å². The van der Waals surface area contributed by atoms with Crippen LogP contribution in [-0.4, -0.2) is 20.1 Å². The van der Waals surface area contributed by atoms with Gasteiger partial charge in [-0.25, -0.2) is 13.1 Å². The summed E-state index contributed by atoms with van der Waals surface area (Å²) >= 11 is 12.7. The molecule has 4 nitrogen and oxygen atoms in total. The monoisotopic (exact) mass is 349 g/mol. The van der Waals surface area contributed by atoms with Crippen LogP contribution in [0.4, 0.5) is 0 Å². The summed E-state index contributed by atoms with van der Waals surface area (Å²) < 4.78 is 26.7. The molecular weight excluding hydrogens is 341 g/mol. The molecule has 106 valence electrons. The molecule has 0 radical (unpaired) electrons. The molecular formula is C12H9Cl2NO3S2. The highest BCUT2D eigenvalue weighted by atomic mass is 35.5. The van der Waals surface area contributed by atoms with E-state index >= 15 is 0 Å². The van der Waals surface area contributed by atoms with Gasteiger partial charge in [-0.1, -0.05) is 35.3 Å². The number of halogens is 2. The van der Waals surface area contributed by atoms with Gasteiger partial charge in [0.1, 0.15) is 9.81 Å². The Morgan fingerprint density at radius 1 is 1.25 bits per heavy atom. The van der Waals surface area contributed by atoms with E-state index in [0.717, 1.165) is 11.3 Å². The van der Waals surface area contributed by atoms with Crippen molar-refractivity contribution in [2.24, 2.45) is 0 Å². The molecule has 0 saturated heterocycles. The minimum atomic E-state index is -3.61. The van der Waals surface area contributed by atoms with E-state index < -0.39 is 15.6 Å². The van der Waals surface area contributed by atoms with E-state index in [1.165, 1.54) is 6.07 Å². The molecule has 0 fully saturated rings. The molecule has 0 aliphatic carbocycles. The Bertz CT molecular complexity index is 771. The van der Waals surface area contributed by atoms with Crippen LogP contribution in [0.2, 0.25) is 9.36 Å². The molecule has 1 aromatic heterocycles. The number of aliphatic hydroxyl groups is 1. The molecule has 1 aromatic carbocycles. The zero-order valence-electron chi connectivity index (χ0n) is 9.93. The molecule has 3 rings (SSSR count). The number of hydrogen-bond acceptors (Lipinski definition) is 4. The normalized spacial score (nSPS) is 24.4. The first-order chi connectivity index (χ1) is 9.33. The molecule has 1 unspecified atom stereocenters. The Hall–Kier alpha value is -0.630. The van der Waals surface area contributed by atoms with E-state index in [0.29, 0.717) is 20.5 Å². The highest BCUT2D eigenvalue weighted by molar-refractivity contribution is 7.91. The van der Waals surface area contributed by atoms with E-state index in [2.05, 4.69) is 4.72 Å². The highest BCUT2D eigenvalue weighted by Crippen LogP contribution is 2.43. The lowest BCUT2D eigenvalue weighted by Crippen LogP contribution is -2.46. The van der Waals surface area contributed by atoms with Crippen LogP contribution in [0.25, 0.3) is 0 Å². The number of thiophene rings is 1. The van der Waals surface area contributed by atoms with Gasteiger partial charge in [0, 0.05) is 17.1 Å². The van der Waals surface area contributed by atoms with Crippen molar-refractivity contribution >= 4 is 44.6 Å². The summed E-state index contributed by atoms with van der Waals surface area (Å²) in [5.41, 5.74) is -0.594. The number of fused-ring (bicyclic) bond motifs is 1. The van der Waals surface area contributed by atoms with E-state index in [-0.39, 0.29) is 10.8 Å². The van der Waals surface area contributed by atoms with Crippen molar-refractivity contribution in [1.82, 2.24) is 4.72 Å². The standard InChI is InChI=1S/C12H9Cl2NO3S2/c13-8-3-1-7(2-4-8)12(16)6-15-20(17,18)11-9(12)5-10(14)19-11/h1-5,15-16H,6H2. The number of benzene rings is 1. The number of hydrogen-bond donors (Lipinski definition) is 2. The summed E-state index contributed by atoms with van der Waals surface area (Å²) in [5, 5.41) is 11.4. The van der Waals surface area contributed by atoms with Crippen LogP contribution < -0.4 is 4.72 Å². The SMILES string of the molecule is O=S1(=O)NCC(O)(c2ccc(Cl)cc2)c2cc(Cl)sc21.